The minimum absolute atomic E-state index is 0.00338. The summed E-state index contributed by atoms with van der Waals surface area (Å²) in [6.45, 7) is 3.43. The first kappa shape index (κ1) is 17.9. The predicted octanol–water partition coefficient (Wildman–Crippen LogP) is 2.81. The lowest BCUT2D eigenvalue weighted by molar-refractivity contribution is -0.130. The van der Waals surface area contributed by atoms with E-state index in [0.717, 1.165) is 43.9 Å². The summed E-state index contributed by atoms with van der Waals surface area (Å²) in [5.41, 5.74) is 9.70. The van der Waals surface area contributed by atoms with Gasteiger partial charge in [0.05, 0.1) is 17.9 Å². The first-order valence-electron chi connectivity index (χ1n) is 9.92. The van der Waals surface area contributed by atoms with Crippen LogP contribution in [0, 0.1) is 0 Å². The fraction of sp³-hybridized carbons (Fsp3) is 0.409. The Morgan fingerprint density at radius 2 is 1.52 bits per heavy atom. The molecule has 2 aromatic rings. The molecule has 0 spiro atoms. The van der Waals surface area contributed by atoms with Gasteiger partial charge in [-0.3, -0.25) is 4.79 Å². The highest BCUT2D eigenvalue weighted by molar-refractivity contribution is 5.86. The number of rotatable bonds is 5. The topological polar surface area (TPSA) is 52.8 Å². The van der Waals surface area contributed by atoms with Crippen molar-refractivity contribution in [3.05, 3.63) is 60.2 Å². The van der Waals surface area contributed by atoms with E-state index in [2.05, 4.69) is 52.3 Å². The monoisotopic (exact) mass is 364 g/mol. The van der Waals surface area contributed by atoms with Crippen LogP contribution in [0.25, 0.3) is 0 Å². The number of amides is 1. The van der Waals surface area contributed by atoms with Crippen LogP contribution < -0.4 is 15.5 Å². The standard InChI is InChI=1S/C22H28N4O/c23-15-21-25(16-18-9-3-1-4-10-18)19-11-5-6-12-20(19)26(21)17-22(27)24-13-7-2-8-14-24/h1,3-6,9-12,21H,2,7-8,13-17,23H2. The highest BCUT2D eigenvalue weighted by atomic mass is 16.2. The number of carbonyl (C=O) groups excluding carboxylic acids is 1. The van der Waals surface area contributed by atoms with Crippen molar-refractivity contribution in [2.75, 3.05) is 36.0 Å². The highest BCUT2D eigenvalue weighted by Crippen LogP contribution is 2.40. The molecule has 1 saturated heterocycles. The van der Waals surface area contributed by atoms with Crippen LogP contribution in [0.2, 0.25) is 0 Å². The van der Waals surface area contributed by atoms with Gasteiger partial charge < -0.3 is 20.4 Å². The Kier molecular flexibility index (Phi) is 5.30. The molecule has 2 aromatic carbocycles. The Labute approximate surface area is 161 Å². The van der Waals surface area contributed by atoms with Crippen molar-refractivity contribution in [1.82, 2.24) is 4.90 Å². The van der Waals surface area contributed by atoms with Gasteiger partial charge in [0.2, 0.25) is 5.91 Å². The number of fused-ring (bicyclic) bond motifs is 1. The van der Waals surface area contributed by atoms with Crippen LogP contribution in [0.15, 0.2) is 54.6 Å². The molecule has 27 heavy (non-hydrogen) atoms. The van der Waals surface area contributed by atoms with Crippen LogP contribution in [0.5, 0.6) is 0 Å². The second kappa shape index (κ2) is 8.01. The van der Waals surface area contributed by atoms with Gasteiger partial charge in [0.25, 0.3) is 0 Å². The molecule has 5 heteroatoms. The smallest absolute Gasteiger partial charge is 0.242 e. The summed E-state index contributed by atoms with van der Waals surface area (Å²) < 4.78 is 0. The zero-order chi connectivity index (χ0) is 18.6. The van der Waals surface area contributed by atoms with E-state index in [9.17, 15) is 4.79 Å². The maximum Gasteiger partial charge on any atom is 0.242 e. The number of nitrogens with zero attached hydrogens (tertiary/aromatic N) is 3. The van der Waals surface area contributed by atoms with Crippen LogP contribution in [-0.4, -0.2) is 43.2 Å². The van der Waals surface area contributed by atoms with Crippen molar-refractivity contribution < 1.29 is 4.79 Å². The normalized spacial score (nSPS) is 19.3. The lowest BCUT2D eigenvalue weighted by atomic mass is 10.1. The lowest BCUT2D eigenvalue weighted by Crippen LogP contribution is -2.52. The molecule has 142 valence electrons. The number of nitrogens with two attached hydrogens (primary N) is 1. The second-order valence-electron chi connectivity index (χ2n) is 7.39. The number of carbonyl (C=O) groups is 1. The Balaban J connectivity index is 1.58. The Hall–Kier alpha value is -2.53. The zero-order valence-corrected chi connectivity index (χ0v) is 15.8. The molecule has 2 aliphatic rings. The zero-order valence-electron chi connectivity index (χ0n) is 15.8. The molecule has 0 saturated carbocycles. The van der Waals surface area contributed by atoms with E-state index in [1.54, 1.807) is 0 Å². The molecule has 2 N–H and O–H groups in total. The van der Waals surface area contributed by atoms with E-state index in [0.29, 0.717) is 13.1 Å². The molecule has 1 fully saturated rings. The van der Waals surface area contributed by atoms with Gasteiger partial charge in [0.15, 0.2) is 0 Å². The summed E-state index contributed by atoms with van der Waals surface area (Å²) in [7, 11) is 0. The van der Waals surface area contributed by atoms with E-state index in [1.165, 1.54) is 12.0 Å². The molecular formula is C22H28N4O. The van der Waals surface area contributed by atoms with Crippen LogP contribution in [0.3, 0.4) is 0 Å². The average molecular weight is 364 g/mol. The van der Waals surface area contributed by atoms with Gasteiger partial charge in [-0.25, -0.2) is 0 Å². The fourth-order valence-corrected chi connectivity index (χ4v) is 4.24. The SMILES string of the molecule is NCC1N(CC(=O)N2CCCCC2)c2ccccc2N1Cc1ccccc1. The maximum absolute atomic E-state index is 12.9. The first-order chi connectivity index (χ1) is 13.3. The highest BCUT2D eigenvalue weighted by Gasteiger charge is 2.36. The molecule has 2 heterocycles. The largest absolute Gasteiger partial charge is 0.344 e. The van der Waals surface area contributed by atoms with Crippen molar-refractivity contribution in [2.24, 2.45) is 5.73 Å². The Bertz CT molecular complexity index is 773. The molecule has 0 aromatic heterocycles. The molecule has 0 bridgehead atoms. The third-order valence-corrected chi connectivity index (χ3v) is 5.64. The van der Waals surface area contributed by atoms with Crippen LogP contribution in [0.4, 0.5) is 11.4 Å². The van der Waals surface area contributed by atoms with Crippen molar-refractivity contribution in [3.63, 3.8) is 0 Å². The van der Waals surface area contributed by atoms with Crippen molar-refractivity contribution in [3.8, 4) is 0 Å². The number of hydrogen-bond donors (Lipinski definition) is 1. The van der Waals surface area contributed by atoms with Gasteiger partial charge in [-0.1, -0.05) is 42.5 Å². The summed E-state index contributed by atoms with van der Waals surface area (Å²) in [5, 5.41) is 0. The molecule has 2 aliphatic heterocycles. The second-order valence-corrected chi connectivity index (χ2v) is 7.39. The number of hydrogen-bond acceptors (Lipinski definition) is 4. The van der Waals surface area contributed by atoms with Gasteiger partial charge in [0, 0.05) is 26.2 Å². The number of likely N-dealkylation sites (tertiary alicyclic amines) is 1. The van der Waals surface area contributed by atoms with Gasteiger partial charge in [0.1, 0.15) is 6.17 Å². The summed E-state index contributed by atoms with van der Waals surface area (Å²) in [5.74, 6) is 0.213. The first-order valence-corrected chi connectivity index (χ1v) is 9.92. The average Bonchev–Trinajstić information content (AvgIpc) is 3.02. The van der Waals surface area contributed by atoms with E-state index in [1.807, 2.05) is 17.0 Å². The van der Waals surface area contributed by atoms with Crippen molar-refractivity contribution >= 4 is 17.3 Å². The van der Waals surface area contributed by atoms with E-state index >= 15 is 0 Å². The third kappa shape index (κ3) is 3.65. The summed E-state index contributed by atoms with van der Waals surface area (Å²) >= 11 is 0. The van der Waals surface area contributed by atoms with Crippen LogP contribution >= 0.6 is 0 Å². The quantitative estimate of drug-likeness (QED) is 0.886. The van der Waals surface area contributed by atoms with Gasteiger partial charge in [-0.05, 0) is 37.0 Å². The molecule has 0 radical (unpaired) electrons. The minimum Gasteiger partial charge on any atom is -0.344 e. The van der Waals surface area contributed by atoms with Gasteiger partial charge in [-0.2, -0.15) is 0 Å². The predicted molar refractivity (Wildman–Crippen MR) is 110 cm³/mol. The number of anilines is 2. The van der Waals surface area contributed by atoms with Crippen LogP contribution in [0.1, 0.15) is 24.8 Å². The summed E-state index contributed by atoms with van der Waals surface area (Å²) in [6, 6.07) is 18.8. The van der Waals surface area contributed by atoms with Crippen molar-refractivity contribution in [1.29, 1.82) is 0 Å². The van der Waals surface area contributed by atoms with E-state index in [-0.39, 0.29) is 12.1 Å². The molecule has 1 unspecified atom stereocenters. The van der Waals surface area contributed by atoms with Gasteiger partial charge >= 0.3 is 0 Å². The fourth-order valence-electron chi connectivity index (χ4n) is 4.24. The number of piperidine rings is 1. The molecule has 4 rings (SSSR count). The maximum atomic E-state index is 12.9. The van der Waals surface area contributed by atoms with Gasteiger partial charge in [-0.15, -0.1) is 0 Å². The summed E-state index contributed by atoms with van der Waals surface area (Å²) in [6.07, 6.45) is 3.45. The Morgan fingerprint density at radius 3 is 2.19 bits per heavy atom. The molecule has 1 amide bonds. The molecule has 5 nitrogen and oxygen atoms in total. The minimum atomic E-state index is -0.00338. The lowest BCUT2D eigenvalue weighted by Gasteiger charge is -2.34. The van der Waals surface area contributed by atoms with E-state index in [4.69, 9.17) is 5.73 Å². The van der Waals surface area contributed by atoms with Crippen molar-refractivity contribution in [2.45, 2.75) is 32.0 Å². The molecular weight excluding hydrogens is 336 g/mol. The van der Waals surface area contributed by atoms with E-state index < -0.39 is 0 Å². The molecule has 1 atom stereocenters. The summed E-state index contributed by atoms with van der Waals surface area (Å²) in [4.78, 5) is 19.4. The van der Waals surface area contributed by atoms with Crippen LogP contribution in [-0.2, 0) is 11.3 Å². The Morgan fingerprint density at radius 1 is 0.889 bits per heavy atom. The molecule has 0 aliphatic carbocycles. The number of para-hydroxylation sites is 2. The third-order valence-electron chi connectivity index (χ3n) is 5.64. The number of benzene rings is 2.